The molecule has 0 spiro atoms. The van der Waals surface area contributed by atoms with Crippen molar-refractivity contribution >= 4 is 29.2 Å². The fourth-order valence-corrected chi connectivity index (χ4v) is 3.70. The van der Waals surface area contributed by atoms with Crippen molar-refractivity contribution in [1.82, 2.24) is 0 Å². The van der Waals surface area contributed by atoms with Gasteiger partial charge in [-0.05, 0) is 62.6 Å². The van der Waals surface area contributed by atoms with Crippen molar-refractivity contribution in [1.29, 1.82) is 0 Å². The van der Waals surface area contributed by atoms with Crippen molar-refractivity contribution in [2.24, 2.45) is 5.92 Å². The Kier molecular flexibility index (Phi) is 6.01. The average Bonchev–Trinajstić information content (AvgIpc) is 3.00. The van der Waals surface area contributed by atoms with Gasteiger partial charge in [-0.3, -0.25) is 14.4 Å². The molecule has 6 heteroatoms. The summed E-state index contributed by atoms with van der Waals surface area (Å²) in [5.41, 5.74) is 5.65. The SMILES string of the molecule is Cc1cc(C)cc(NC(=O)COC(=O)[C@@H]2CC(=O)N(c3ccc(C)cc3C)C2)c1. The highest BCUT2D eigenvalue weighted by atomic mass is 16.5. The van der Waals surface area contributed by atoms with E-state index in [0.717, 1.165) is 27.9 Å². The molecule has 1 saturated heterocycles. The van der Waals surface area contributed by atoms with E-state index in [1.165, 1.54) is 0 Å². The van der Waals surface area contributed by atoms with Crippen LogP contribution in [0.25, 0.3) is 0 Å². The van der Waals surface area contributed by atoms with E-state index in [4.69, 9.17) is 4.74 Å². The van der Waals surface area contributed by atoms with Crippen molar-refractivity contribution < 1.29 is 19.1 Å². The summed E-state index contributed by atoms with van der Waals surface area (Å²) in [5, 5.41) is 2.73. The van der Waals surface area contributed by atoms with Crippen LogP contribution in [-0.2, 0) is 19.1 Å². The van der Waals surface area contributed by atoms with E-state index in [-0.39, 0.29) is 25.5 Å². The highest BCUT2D eigenvalue weighted by Gasteiger charge is 2.36. The van der Waals surface area contributed by atoms with Gasteiger partial charge in [0.05, 0.1) is 5.92 Å². The quantitative estimate of drug-likeness (QED) is 0.788. The Balaban J connectivity index is 1.56. The van der Waals surface area contributed by atoms with Gasteiger partial charge in [0.2, 0.25) is 5.91 Å². The van der Waals surface area contributed by atoms with Crippen molar-refractivity contribution in [2.75, 3.05) is 23.4 Å². The van der Waals surface area contributed by atoms with Gasteiger partial charge < -0.3 is 15.0 Å². The Morgan fingerprint density at radius 2 is 1.72 bits per heavy atom. The maximum Gasteiger partial charge on any atom is 0.311 e. The summed E-state index contributed by atoms with van der Waals surface area (Å²) in [5.74, 6) is -1.61. The van der Waals surface area contributed by atoms with Crippen LogP contribution in [0.5, 0.6) is 0 Å². The van der Waals surface area contributed by atoms with E-state index in [1.807, 2.05) is 64.1 Å². The fraction of sp³-hybridized carbons (Fsp3) is 0.348. The Labute approximate surface area is 170 Å². The standard InChI is InChI=1S/C23H26N2O4/c1-14-5-6-20(17(4)8-14)25-12-18(11-22(25)27)23(28)29-13-21(26)24-19-9-15(2)7-16(3)10-19/h5-10,18H,11-13H2,1-4H3,(H,24,26)/t18-/m1/s1. The zero-order valence-corrected chi connectivity index (χ0v) is 17.2. The van der Waals surface area contributed by atoms with Gasteiger partial charge in [-0.1, -0.05) is 23.8 Å². The third kappa shape index (κ3) is 5.02. The number of hydrogen-bond acceptors (Lipinski definition) is 4. The number of hydrogen-bond donors (Lipinski definition) is 1. The number of nitrogens with zero attached hydrogens (tertiary/aromatic N) is 1. The zero-order valence-electron chi connectivity index (χ0n) is 17.2. The van der Waals surface area contributed by atoms with Crippen LogP contribution in [-0.4, -0.2) is 30.9 Å². The second-order valence-corrected chi connectivity index (χ2v) is 7.73. The molecule has 1 fully saturated rings. The normalized spacial score (nSPS) is 16.1. The number of aryl methyl sites for hydroxylation is 4. The van der Waals surface area contributed by atoms with Gasteiger partial charge in [-0.2, -0.15) is 0 Å². The van der Waals surface area contributed by atoms with E-state index >= 15 is 0 Å². The summed E-state index contributed by atoms with van der Waals surface area (Å²) in [6.07, 6.45) is 0.0881. The molecule has 0 saturated carbocycles. The highest BCUT2D eigenvalue weighted by molar-refractivity contribution is 6.00. The third-order valence-corrected chi connectivity index (χ3v) is 4.95. The number of carbonyl (C=O) groups is 3. The first-order chi connectivity index (χ1) is 13.7. The van der Waals surface area contributed by atoms with Crippen molar-refractivity contribution in [3.63, 3.8) is 0 Å². The van der Waals surface area contributed by atoms with Crippen LogP contribution in [0.3, 0.4) is 0 Å². The number of esters is 1. The predicted octanol–water partition coefficient (Wildman–Crippen LogP) is 3.46. The molecule has 0 radical (unpaired) electrons. The van der Waals surface area contributed by atoms with Gasteiger partial charge in [-0.25, -0.2) is 0 Å². The van der Waals surface area contributed by atoms with Crippen LogP contribution in [0.15, 0.2) is 36.4 Å². The fourth-order valence-electron chi connectivity index (χ4n) is 3.70. The van der Waals surface area contributed by atoms with Crippen molar-refractivity contribution in [3.8, 4) is 0 Å². The van der Waals surface area contributed by atoms with Crippen LogP contribution in [0.4, 0.5) is 11.4 Å². The summed E-state index contributed by atoms with van der Waals surface area (Å²) in [7, 11) is 0. The number of carbonyl (C=O) groups excluding carboxylic acids is 3. The van der Waals surface area contributed by atoms with Crippen LogP contribution in [0, 0.1) is 33.6 Å². The molecule has 1 aliphatic heterocycles. The lowest BCUT2D eigenvalue weighted by Gasteiger charge is -2.19. The van der Waals surface area contributed by atoms with Gasteiger partial charge in [0, 0.05) is 24.3 Å². The minimum absolute atomic E-state index is 0.0881. The van der Waals surface area contributed by atoms with Crippen LogP contribution < -0.4 is 10.2 Å². The first-order valence-electron chi connectivity index (χ1n) is 9.65. The molecule has 2 amide bonds. The number of anilines is 2. The number of rotatable bonds is 5. The van der Waals surface area contributed by atoms with E-state index in [1.54, 1.807) is 4.90 Å². The monoisotopic (exact) mass is 394 g/mol. The third-order valence-electron chi connectivity index (χ3n) is 4.95. The molecule has 1 aliphatic rings. The van der Waals surface area contributed by atoms with E-state index in [2.05, 4.69) is 5.32 Å². The lowest BCUT2D eigenvalue weighted by molar-refractivity contribution is -0.151. The molecule has 0 unspecified atom stereocenters. The maximum atomic E-state index is 12.4. The van der Waals surface area contributed by atoms with Gasteiger partial charge in [0.25, 0.3) is 5.91 Å². The lowest BCUT2D eigenvalue weighted by atomic mass is 10.1. The molecule has 29 heavy (non-hydrogen) atoms. The molecule has 0 bridgehead atoms. The molecule has 1 N–H and O–H groups in total. The number of amides is 2. The van der Waals surface area contributed by atoms with Crippen LogP contribution in [0.2, 0.25) is 0 Å². The minimum atomic E-state index is -0.572. The van der Waals surface area contributed by atoms with Gasteiger partial charge in [-0.15, -0.1) is 0 Å². The number of benzene rings is 2. The van der Waals surface area contributed by atoms with Gasteiger partial charge >= 0.3 is 5.97 Å². The van der Waals surface area contributed by atoms with Crippen LogP contribution in [0.1, 0.15) is 28.7 Å². The smallest absolute Gasteiger partial charge is 0.311 e. The summed E-state index contributed by atoms with van der Waals surface area (Å²) in [6, 6.07) is 11.6. The summed E-state index contributed by atoms with van der Waals surface area (Å²) in [4.78, 5) is 38.5. The van der Waals surface area contributed by atoms with Gasteiger partial charge in [0.1, 0.15) is 0 Å². The summed E-state index contributed by atoms with van der Waals surface area (Å²) < 4.78 is 5.17. The Morgan fingerprint density at radius 3 is 2.38 bits per heavy atom. The molecule has 2 aromatic rings. The van der Waals surface area contributed by atoms with E-state index in [9.17, 15) is 14.4 Å². The van der Waals surface area contributed by atoms with E-state index < -0.39 is 17.8 Å². The second-order valence-electron chi connectivity index (χ2n) is 7.73. The minimum Gasteiger partial charge on any atom is -0.455 e. The van der Waals surface area contributed by atoms with Gasteiger partial charge in [0.15, 0.2) is 6.61 Å². The Morgan fingerprint density at radius 1 is 1.03 bits per heavy atom. The largest absolute Gasteiger partial charge is 0.455 e. The first-order valence-corrected chi connectivity index (χ1v) is 9.65. The molecule has 0 aromatic heterocycles. The second kappa shape index (κ2) is 8.47. The maximum absolute atomic E-state index is 12.4. The summed E-state index contributed by atoms with van der Waals surface area (Å²) in [6.45, 7) is 7.72. The van der Waals surface area contributed by atoms with Crippen LogP contribution >= 0.6 is 0 Å². The molecule has 3 rings (SSSR count). The number of nitrogens with one attached hydrogen (secondary N) is 1. The average molecular weight is 394 g/mol. The molecule has 1 heterocycles. The van der Waals surface area contributed by atoms with Crippen molar-refractivity contribution in [3.05, 3.63) is 58.7 Å². The number of ether oxygens (including phenoxy) is 1. The lowest BCUT2D eigenvalue weighted by Crippen LogP contribution is -2.28. The van der Waals surface area contributed by atoms with E-state index in [0.29, 0.717) is 5.69 Å². The molecule has 0 aliphatic carbocycles. The Hall–Kier alpha value is -3.15. The molecule has 152 valence electrons. The molecule has 2 aromatic carbocycles. The zero-order chi connectivity index (χ0) is 21.1. The molecular weight excluding hydrogens is 368 g/mol. The molecular formula is C23H26N2O4. The molecule has 6 nitrogen and oxygen atoms in total. The molecule has 1 atom stereocenters. The van der Waals surface area contributed by atoms with Crippen molar-refractivity contribution in [2.45, 2.75) is 34.1 Å². The first kappa shape index (κ1) is 20.6. The Bertz CT molecular complexity index is 947. The topological polar surface area (TPSA) is 75.7 Å². The summed E-state index contributed by atoms with van der Waals surface area (Å²) >= 11 is 0. The predicted molar refractivity (Wildman–Crippen MR) is 112 cm³/mol. The highest BCUT2D eigenvalue weighted by Crippen LogP contribution is 2.29.